The van der Waals surface area contributed by atoms with Crippen molar-refractivity contribution in [1.82, 2.24) is 0 Å². The summed E-state index contributed by atoms with van der Waals surface area (Å²) in [7, 11) is 0. The topological polar surface area (TPSA) is 49.3 Å². The third-order valence-electron chi connectivity index (χ3n) is 4.05. The van der Waals surface area contributed by atoms with Gasteiger partial charge in [-0.05, 0) is 48.9 Å². The Morgan fingerprint density at radius 3 is 2.52 bits per heavy atom. The quantitative estimate of drug-likeness (QED) is 0.861. The van der Waals surface area contributed by atoms with Gasteiger partial charge in [-0.25, -0.2) is 4.79 Å². The summed E-state index contributed by atoms with van der Waals surface area (Å²) in [6, 6.07) is 15.9. The Hall–Kier alpha value is -2.29. The van der Waals surface area contributed by atoms with Crippen LogP contribution in [0.15, 0.2) is 48.5 Å². The van der Waals surface area contributed by atoms with E-state index in [-0.39, 0.29) is 6.04 Å². The van der Waals surface area contributed by atoms with Gasteiger partial charge >= 0.3 is 5.97 Å². The van der Waals surface area contributed by atoms with Gasteiger partial charge in [0.15, 0.2) is 0 Å². The van der Waals surface area contributed by atoms with Crippen LogP contribution >= 0.6 is 0 Å². The second kappa shape index (κ2) is 5.60. The molecule has 1 atom stereocenters. The molecule has 1 fully saturated rings. The van der Waals surface area contributed by atoms with E-state index < -0.39 is 5.97 Å². The van der Waals surface area contributed by atoms with E-state index in [9.17, 15) is 4.79 Å². The van der Waals surface area contributed by atoms with E-state index in [4.69, 9.17) is 5.11 Å². The summed E-state index contributed by atoms with van der Waals surface area (Å²) in [5.41, 5.74) is 3.57. The lowest BCUT2D eigenvalue weighted by Crippen LogP contribution is -2.14. The Morgan fingerprint density at radius 1 is 1.19 bits per heavy atom. The molecule has 2 aromatic rings. The van der Waals surface area contributed by atoms with Crippen molar-refractivity contribution in [3.05, 3.63) is 65.2 Å². The van der Waals surface area contributed by atoms with Crippen molar-refractivity contribution in [2.45, 2.75) is 25.8 Å². The molecule has 0 saturated heterocycles. The predicted molar refractivity (Wildman–Crippen MR) is 83.7 cm³/mol. The number of hydrogen-bond donors (Lipinski definition) is 2. The highest BCUT2D eigenvalue weighted by atomic mass is 16.4. The molecule has 3 nitrogen and oxygen atoms in total. The van der Waals surface area contributed by atoms with Gasteiger partial charge in [0, 0.05) is 5.69 Å². The zero-order chi connectivity index (χ0) is 14.8. The lowest BCUT2D eigenvalue weighted by molar-refractivity contribution is 0.0697. The highest BCUT2D eigenvalue weighted by Gasteiger charge is 2.32. The third-order valence-corrected chi connectivity index (χ3v) is 4.05. The van der Waals surface area contributed by atoms with Gasteiger partial charge in [-0.2, -0.15) is 0 Å². The average molecular weight is 281 g/mol. The van der Waals surface area contributed by atoms with E-state index in [1.807, 2.05) is 31.2 Å². The summed E-state index contributed by atoms with van der Waals surface area (Å²) in [5, 5.41) is 12.7. The average Bonchev–Trinajstić information content (AvgIpc) is 3.31. The molecule has 0 bridgehead atoms. The van der Waals surface area contributed by atoms with E-state index in [1.54, 1.807) is 12.1 Å². The van der Waals surface area contributed by atoms with Crippen LogP contribution < -0.4 is 5.32 Å². The van der Waals surface area contributed by atoms with E-state index >= 15 is 0 Å². The highest BCUT2D eigenvalue weighted by molar-refractivity contribution is 5.89. The Balaban J connectivity index is 1.90. The summed E-state index contributed by atoms with van der Waals surface area (Å²) in [6.45, 7) is 2.00. The summed E-state index contributed by atoms with van der Waals surface area (Å²) >= 11 is 0. The maximum absolute atomic E-state index is 11.1. The zero-order valence-electron chi connectivity index (χ0n) is 12.0. The molecular formula is C18H19NO2. The van der Waals surface area contributed by atoms with Crippen molar-refractivity contribution in [2.24, 2.45) is 5.92 Å². The van der Waals surface area contributed by atoms with Gasteiger partial charge in [-0.1, -0.05) is 36.4 Å². The van der Waals surface area contributed by atoms with Gasteiger partial charge < -0.3 is 10.4 Å². The van der Waals surface area contributed by atoms with Crippen molar-refractivity contribution >= 4 is 11.7 Å². The smallest absolute Gasteiger partial charge is 0.335 e. The van der Waals surface area contributed by atoms with Gasteiger partial charge in [0.1, 0.15) is 0 Å². The van der Waals surface area contributed by atoms with E-state index in [0.717, 1.165) is 11.3 Å². The molecule has 0 radical (unpaired) electrons. The van der Waals surface area contributed by atoms with Crippen molar-refractivity contribution in [3.8, 4) is 0 Å². The second-order valence-corrected chi connectivity index (χ2v) is 5.70. The van der Waals surface area contributed by atoms with Crippen LogP contribution in [0.4, 0.5) is 5.69 Å². The number of hydrogen-bond acceptors (Lipinski definition) is 2. The fraction of sp³-hybridized carbons (Fsp3) is 0.278. The lowest BCUT2D eigenvalue weighted by Gasteiger charge is -2.21. The highest BCUT2D eigenvalue weighted by Crippen LogP contribution is 2.43. The number of aromatic carboxylic acids is 1. The number of carboxylic acids is 1. The number of carbonyl (C=O) groups is 1. The van der Waals surface area contributed by atoms with Crippen LogP contribution in [0.3, 0.4) is 0 Å². The molecule has 3 rings (SSSR count). The lowest BCUT2D eigenvalue weighted by atomic mass is 10.0. The first kappa shape index (κ1) is 13.7. The summed E-state index contributed by atoms with van der Waals surface area (Å²) in [4.78, 5) is 11.1. The summed E-state index contributed by atoms with van der Waals surface area (Å²) in [5.74, 6) is -0.249. The first-order valence-corrected chi connectivity index (χ1v) is 7.30. The first-order valence-electron chi connectivity index (χ1n) is 7.30. The number of benzene rings is 2. The fourth-order valence-corrected chi connectivity index (χ4v) is 2.64. The zero-order valence-corrected chi connectivity index (χ0v) is 12.0. The van der Waals surface area contributed by atoms with Gasteiger partial charge in [-0.15, -0.1) is 0 Å². The molecule has 2 N–H and O–H groups in total. The minimum atomic E-state index is -0.888. The van der Waals surface area contributed by atoms with E-state index in [2.05, 4.69) is 17.4 Å². The van der Waals surface area contributed by atoms with Crippen LogP contribution in [0.5, 0.6) is 0 Å². The summed E-state index contributed by atoms with van der Waals surface area (Å²) in [6.07, 6.45) is 2.45. The van der Waals surface area contributed by atoms with Crippen LogP contribution in [-0.4, -0.2) is 11.1 Å². The predicted octanol–water partition coefficient (Wildman–Crippen LogP) is 4.26. The fourth-order valence-electron chi connectivity index (χ4n) is 2.64. The van der Waals surface area contributed by atoms with Crippen LogP contribution in [0, 0.1) is 12.8 Å². The molecule has 21 heavy (non-hydrogen) atoms. The molecular weight excluding hydrogens is 262 g/mol. The Labute approximate surface area is 124 Å². The van der Waals surface area contributed by atoms with E-state index in [1.165, 1.54) is 18.4 Å². The molecule has 1 unspecified atom stereocenters. The molecule has 3 heteroatoms. The van der Waals surface area contributed by atoms with Crippen molar-refractivity contribution in [3.63, 3.8) is 0 Å². The van der Waals surface area contributed by atoms with Crippen LogP contribution in [-0.2, 0) is 0 Å². The number of anilines is 1. The standard InChI is InChI=1S/C18H19NO2/c1-12-7-8-15(18(20)21)11-16(12)19-17(14-9-10-14)13-5-3-2-4-6-13/h2-8,11,14,17,19H,9-10H2,1H3,(H,20,21). The van der Waals surface area contributed by atoms with Crippen LogP contribution in [0.2, 0.25) is 0 Å². The molecule has 2 aromatic carbocycles. The molecule has 1 saturated carbocycles. The Kier molecular flexibility index (Phi) is 3.65. The first-order chi connectivity index (χ1) is 10.1. The van der Waals surface area contributed by atoms with Gasteiger partial charge in [-0.3, -0.25) is 0 Å². The van der Waals surface area contributed by atoms with Gasteiger partial charge in [0.05, 0.1) is 11.6 Å². The number of carboxylic acid groups (broad SMARTS) is 1. The number of aryl methyl sites for hydroxylation is 1. The summed E-state index contributed by atoms with van der Waals surface area (Å²) < 4.78 is 0. The molecule has 1 aliphatic rings. The van der Waals surface area contributed by atoms with E-state index in [0.29, 0.717) is 11.5 Å². The number of rotatable bonds is 5. The second-order valence-electron chi connectivity index (χ2n) is 5.70. The maximum Gasteiger partial charge on any atom is 0.335 e. The van der Waals surface area contributed by atoms with Crippen molar-refractivity contribution in [1.29, 1.82) is 0 Å². The van der Waals surface area contributed by atoms with Crippen molar-refractivity contribution in [2.75, 3.05) is 5.32 Å². The molecule has 0 amide bonds. The number of nitrogens with one attached hydrogen (secondary N) is 1. The largest absolute Gasteiger partial charge is 0.478 e. The normalized spacial score (nSPS) is 15.5. The minimum absolute atomic E-state index is 0.258. The van der Waals surface area contributed by atoms with Crippen molar-refractivity contribution < 1.29 is 9.90 Å². The molecule has 108 valence electrons. The minimum Gasteiger partial charge on any atom is -0.478 e. The van der Waals surface area contributed by atoms with Gasteiger partial charge in [0.2, 0.25) is 0 Å². The third kappa shape index (κ3) is 3.07. The monoisotopic (exact) mass is 281 g/mol. The molecule has 0 spiro atoms. The molecule has 0 heterocycles. The molecule has 0 aliphatic heterocycles. The molecule has 1 aliphatic carbocycles. The Morgan fingerprint density at radius 2 is 1.90 bits per heavy atom. The van der Waals surface area contributed by atoms with Crippen LogP contribution in [0.1, 0.15) is 40.4 Å². The van der Waals surface area contributed by atoms with Gasteiger partial charge in [0.25, 0.3) is 0 Å². The maximum atomic E-state index is 11.1. The molecule has 0 aromatic heterocycles. The van der Waals surface area contributed by atoms with Crippen LogP contribution in [0.25, 0.3) is 0 Å². The Bertz CT molecular complexity index is 648. The SMILES string of the molecule is Cc1ccc(C(=O)O)cc1NC(c1ccccc1)C1CC1.